The van der Waals surface area contributed by atoms with Crippen molar-refractivity contribution in [1.29, 1.82) is 0 Å². The van der Waals surface area contributed by atoms with Crippen molar-refractivity contribution < 1.29 is 23.1 Å². The topological polar surface area (TPSA) is 62.2 Å². The second-order valence-corrected chi connectivity index (χ2v) is 4.97. The minimum atomic E-state index is -1.76. The Kier molecular flexibility index (Phi) is 4.46. The molecular weight excluding hydrogens is 297 g/mol. The molecule has 1 unspecified atom stereocenters. The van der Waals surface area contributed by atoms with Gasteiger partial charge in [0, 0.05) is 17.8 Å². The Balaban J connectivity index is 2.10. The van der Waals surface area contributed by atoms with Gasteiger partial charge in [-0.05, 0) is 19.1 Å². The summed E-state index contributed by atoms with van der Waals surface area (Å²) in [7, 11) is 0. The standard InChI is InChI=1S/C15H13F3N2O2/c1-15(22,12-3-2-10(16)5-13(12)18)8-20-14(21)9-4-11(17)7-19-6-9/h2-7,22H,8H2,1H3,(H,20,21). The Hall–Kier alpha value is -2.41. The van der Waals surface area contributed by atoms with Crippen LogP contribution in [0.5, 0.6) is 0 Å². The van der Waals surface area contributed by atoms with E-state index in [1.54, 1.807) is 0 Å². The molecule has 2 aromatic rings. The molecule has 1 aromatic carbocycles. The highest BCUT2D eigenvalue weighted by molar-refractivity contribution is 5.93. The van der Waals surface area contributed by atoms with E-state index in [2.05, 4.69) is 10.3 Å². The third-order valence-corrected chi connectivity index (χ3v) is 3.07. The fourth-order valence-electron chi connectivity index (χ4n) is 1.91. The highest BCUT2D eigenvalue weighted by Crippen LogP contribution is 2.23. The number of carbonyl (C=O) groups excluding carboxylic acids is 1. The predicted octanol–water partition coefficient (Wildman–Crippen LogP) is 2.14. The fraction of sp³-hybridized carbons (Fsp3) is 0.200. The summed E-state index contributed by atoms with van der Waals surface area (Å²) in [6.07, 6.45) is 2.10. The van der Waals surface area contributed by atoms with Crippen LogP contribution in [0.25, 0.3) is 0 Å². The maximum atomic E-state index is 13.7. The quantitative estimate of drug-likeness (QED) is 0.909. The Bertz CT molecular complexity index is 705. The average Bonchev–Trinajstić information content (AvgIpc) is 2.44. The fourth-order valence-corrected chi connectivity index (χ4v) is 1.91. The Morgan fingerprint density at radius 1 is 1.23 bits per heavy atom. The lowest BCUT2D eigenvalue weighted by atomic mass is 9.95. The molecule has 7 heteroatoms. The molecule has 22 heavy (non-hydrogen) atoms. The van der Waals surface area contributed by atoms with E-state index >= 15 is 0 Å². The second kappa shape index (κ2) is 6.15. The molecule has 0 aliphatic carbocycles. The first kappa shape index (κ1) is 16.0. The first-order valence-corrected chi connectivity index (χ1v) is 6.36. The van der Waals surface area contributed by atoms with Crippen molar-refractivity contribution in [2.45, 2.75) is 12.5 Å². The lowest BCUT2D eigenvalue weighted by Gasteiger charge is -2.24. The van der Waals surface area contributed by atoms with E-state index in [0.717, 1.165) is 30.6 Å². The number of aromatic nitrogens is 1. The summed E-state index contributed by atoms with van der Waals surface area (Å²) in [5, 5.41) is 12.6. The number of benzene rings is 1. The monoisotopic (exact) mass is 310 g/mol. The number of halogens is 3. The van der Waals surface area contributed by atoms with Gasteiger partial charge in [-0.15, -0.1) is 0 Å². The number of hydrogen-bond acceptors (Lipinski definition) is 3. The molecule has 1 heterocycles. The van der Waals surface area contributed by atoms with Gasteiger partial charge in [0.1, 0.15) is 23.1 Å². The zero-order valence-electron chi connectivity index (χ0n) is 11.6. The van der Waals surface area contributed by atoms with Crippen molar-refractivity contribution in [3.63, 3.8) is 0 Å². The molecular formula is C15H13F3N2O2. The molecule has 1 amide bonds. The summed E-state index contributed by atoms with van der Waals surface area (Å²) < 4.78 is 39.5. The zero-order valence-corrected chi connectivity index (χ0v) is 11.6. The van der Waals surface area contributed by atoms with Crippen molar-refractivity contribution in [2.24, 2.45) is 0 Å². The van der Waals surface area contributed by atoms with Crippen molar-refractivity contribution in [2.75, 3.05) is 6.54 Å². The minimum absolute atomic E-state index is 0.0321. The number of rotatable bonds is 4. The van der Waals surface area contributed by atoms with Gasteiger partial charge >= 0.3 is 0 Å². The van der Waals surface area contributed by atoms with Gasteiger partial charge in [-0.3, -0.25) is 9.78 Å². The Morgan fingerprint density at radius 2 is 1.95 bits per heavy atom. The molecule has 0 bridgehead atoms. The van der Waals surface area contributed by atoms with Crippen molar-refractivity contribution in [3.05, 3.63) is 65.2 Å². The molecule has 0 aliphatic heterocycles. The zero-order chi connectivity index (χ0) is 16.3. The van der Waals surface area contributed by atoms with Gasteiger partial charge in [-0.25, -0.2) is 13.2 Å². The molecule has 0 saturated carbocycles. The van der Waals surface area contributed by atoms with Crippen molar-refractivity contribution in [3.8, 4) is 0 Å². The molecule has 1 atom stereocenters. The summed E-state index contributed by atoms with van der Waals surface area (Å²) in [5.41, 5.74) is -1.95. The maximum Gasteiger partial charge on any atom is 0.253 e. The van der Waals surface area contributed by atoms with Gasteiger partial charge in [-0.1, -0.05) is 6.07 Å². The van der Waals surface area contributed by atoms with Crippen LogP contribution in [0.3, 0.4) is 0 Å². The van der Waals surface area contributed by atoms with Crippen LogP contribution < -0.4 is 5.32 Å². The average molecular weight is 310 g/mol. The smallest absolute Gasteiger partial charge is 0.253 e. The summed E-state index contributed by atoms with van der Waals surface area (Å²) in [4.78, 5) is 15.4. The van der Waals surface area contributed by atoms with E-state index in [4.69, 9.17) is 0 Å². The number of hydrogen-bond donors (Lipinski definition) is 2. The second-order valence-electron chi connectivity index (χ2n) is 4.97. The van der Waals surface area contributed by atoms with E-state index < -0.39 is 29.0 Å². The van der Waals surface area contributed by atoms with Gasteiger partial charge in [0.25, 0.3) is 5.91 Å². The highest BCUT2D eigenvalue weighted by Gasteiger charge is 2.27. The SMILES string of the molecule is CC(O)(CNC(=O)c1cncc(F)c1)c1ccc(F)cc1F. The van der Waals surface area contributed by atoms with E-state index in [9.17, 15) is 23.1 Å². The summed E-state index contributed by atoms with van der Waals surface area (Å²) in [6.45, 7) is 0.929. The van der Waals surface area contributed by atoms with Gasteiger partial charge in [-0.2, -0.15) is 0 Å². The van der Waals surface area contributed by atoms with Crippen LogP contribution in [-0.2, 0) is 5.60 Å². The van der Waals surface area contributed by atoms with Crippen LogP contribution in [0, 0.1) is 17.5 Å². The number of pyridine rings is 1. The van der Waals surface area contributed by atoms with Crippen molar-refractivity contribution in [1.82, 2.24) is 10.3 Å². The lowest BCUT2D eigenvalue weighted by Crippen LogP contribution is -2.39. The van der Waals surface area contributed by atoms with E-state index in [0.29, 0.717) is 6.07 Å². The lowest BCUT2D eigenvalue weighted by molar-refractivity contribution is 0.0494. The molecule has 1 aromatic heterocycles. The molecule has 0 aliphatic rings. The highest BCUT2D eigenvalue weighted by atomic mass is 19.1. The summed E-state index contributed by atoms with van der Waals surface area (Å²) in [5.74, 6) is -3.04. The van der Waals surface area contributed by atoms with E-state index in [-0.39, 0.29) is 17.7 Å². The number of nitrogens with one attached hydrogen (secondary N) is 1. The molecule has 0 spiro atoms. The Morgan fingerprint density at radius 3 is 2.59 bits per heavy atom. The van der Waals surface area contributed by atoms with Gasteiger partial charge < -0.3 is 10.4 Å². The number of nitrogens with zero attached hydrogens (tertiary/aromatic N) is 1. The van der Waals surface area contributed by atoms with E-state index in [1.165, 1.54) is 6.92 Å². The number of aliphatic hydroxyl groups is 1. The largest absolute Gasteiger partial charge is 0.383 e. The van der Waals surface area contributed by atoms with Crippen LogP contribution >= 0.6 is 0 Å². The molecule has 0 radical (unpaired) electrons. The molecule has 2 N–H and O–H groups in total. The van der Waals surface area contributed by atoms with E-state index in [1.807, 2.05) is 0 Å². The van der Waals surface area contributed by atoms with Gasteiger partial charge in [0.2, 0.25) is 0 Å². The summed E-state index contributed by atoms with van der Waals surface area (Å²) >= 11 is 0. The van der Waals surface area contributed by atoms with Crippen LogP contribution in [0.15, 0.2) is 36.7 Å². The van der Waals surface area contributed by atoms with Gasteiger partial charge in [0.15, 0.2) is 0 Å². The Labute approximate surface area is 124 Å². The maximum absolute atomic E-state index is 13.7. The minimum Gasteiger partial charge on any atom is -0.383 e. The molecule has 0 saturated heterocycles. The normalized spacial score (nSPS) is 13.5. The van der Waals surface area contributed by atoms with Crippen LogP contribution in [0.2, 0.25) is 0 Å². The van der Waals surface area contributed by atoms with Crippen LogP contribution in [0.1, 0.15) is 22.8 Å². The molecule has 0 fully saturated rings. The van der Waals surface area contributed by atoms with Gasteiger partial charge in [0.05, 0.1) is 18.3 Å². The third-order valence-electron chi connectivity index (χ3n) is 3.07. The van der Waals surface area contributed by atoms with Crippen LogP contribution in [0.4, 0.5) is 13.2 Å². The first-order valence-electron chi connectivity index (χ1n) is 6.36. The number of amides is 1. The molecule has 4 nitrogen and oxygen atoms in total. The predicted molar refractivity (Wildman–Crippen MR) is 72.5 cm³/mol. The molecule has 116 valence electrons. The third kappa shape index (κ3) is 3.62. The van der Waals surface area contributed by atoms with Crippen molar-refractivity contribution >= 4 is 5.91 Å². The van der Waals surface area contributed by atoms with Crippen LogP contribution in [-0.4, -0.2) is 22.5 Å². The number of carbonyl (C=O) groups is 1. The molecule has 2 rings (SSSR count). The summed E-state index contributed by atoms with van der Waals surface area (Å²) in [6, 6.07) is 3.73. The first-order chi connectivity index (χ1) is 10.3.